The van der Waals surface area contributed by atoms with Gasteiger partial charge in [0.2, 0.25) is 0 Å². The highest BCUT2D eigenvalue weighted by molar-refractivity contribution is 6.03. The number of esters is 4. The molecule has 2 aliphatic carbocycles. The van der Waals surface area contributed by atoms with Crippen molar-refractivity contribution < 1.29 is 77.7 Å². The van der Waals surface area contributed by atoms with Crippen molar-refractivity contribution in [2.75, 3.05) is 26.4 Å². The lowest BCUT2D eigenvalue weighted by atomic mass is 9.79. The molecule has 0 bridgehead atoms. The number of rotatable bonds is 12. The predicted molar refractivity (Wildman–Crippen MR) is 225 cm³/mol. The first kappa shape index (κ1) is 60.9. The Balaban J connectivity index is -0.000000341. The van der Waals surface area contributed by atoms with Crippen LogP contribution in [0.2, 0.25) is 0 Å². The second-order valence-electron chi connectivity index (χ2n) is 12.3. The molecule has 340 valence electrons. The zero-order valence-electron chi connectivity index (χ0n) is 32.1. The van der Waals surface area contributed by atoms with Crippen molar-refractivity contribution in [1.82, 2.24) is 0 Å². The second kappa shape index (κ2) is 33.1. The van der Waals surface area contributed by atoms with Gasteiger partial charge in [-0.05, 0) is 77.6 Å². The van der Waals surface area contributed by atoms with Gasteiger partial charge in [0.1, 0.15) is 0 Å². The fourth-order valence-electron chi connectivity index (χ4n) is 6.03. The summed E-state index contributed by atoms with van der Waals surface area (Å²) in [6.45, 7) is 7.90. The van der Waals surface area contributed by atoms with Crippen LogP contribution in [0.15, 0.2) is 48.5 Å². The molecule has 2 fully saturated rings. The van der Waals surface area contributed by atoms with Crippen molar-refractivity contribution in [2.24, 2.45) is 23.7 Å². The number of hydrogen-bond acceptors (Lipinski definition) is 12. The normalized spacial score (nSPS) is 17.0. The Bertz CT molecular complexity index is 1520. The van der Waals surface area contributed by atoms with Crippen molar-refractivity contribution in [2.45, 2.75) is 109 Å². The molecule has 0 heterocycles. The summed E-state index contributed by atoms with van der Waals surface area (Å²) in [5, 5.41) is 35.4. The average Bonchev–Trinajstić information content (AvgIpc) is 3.19. The van der Waals surface area contributed by atoms with Gasteiger partial charge in [-0.2, -0.15) is 0 Å². The number of hydrogen-bond donors (Lipinski definition) is 4. The molecule has 16 nitrogen and oxygen atoms in total. The molecule has 0 spiro atoms. The predicted octanol–water partition coefficient (Wildman–Crippen LogP) is 8.55. The fraction of sp³-hybridized carbons (Fsp3) is 0.545. The van der Waals surface area contributed by atoms with E-state index in [1.54, 1.807) is 52.0 Å². The molecule has 60 heavy (non-hydrogen) atoms. The highest BCUT2D eigenvalue weighted by Gasteiger charge is 2.37. The van der Waals surface area contributed by atoms with Gasteiger partial charge in [0.25, 0.3) is 0 Å². The van der Waals surface area contributed by atoms with Crippen LogP contribution in [-0.4, -0.2) is 94.6 Å². The van der Waals surface area contributed by atoms with Gasteiger partial charge in [0, 0.05) is 0 Å². The molecule has 0 aromatic heterocycles. The number of carboxylic acid groups (broad SMARTS) is 4. The highest BCUT2D eigenvalue weighted by Crippen LogP contribution is 2.32. The van der Waals surface area contributed by atoms with E-state index in [1.165, 1.54) is 24.3 Å². The quantitative estimate of drug-likeness (QED) is 0.115. The zero-order chi connectivity index (χ0) is 42.2. The molecule has 4 atom stereocenters. The Morgan fingerprint density at radius 3 is 0.917 bits per heavy atom. The van der Waals surface area contributed by atoms with Crippen LogP contribution in [0.5, 0.6) is 0 Å². The summed E-state index contributed by atoms with van der Waals surface area (Å²) in [7, 11) is 0. The molecule has 4 N–H and O–H groups in total. The van der Waals surface area contributed by atoms with E-state index in [2.05, 4.69) is 0 Å². The Hall–Kier alpha value is -5.80. The van der Waals surface area contributed by atoms with Gasteiger partial charge in [0.15, 0.2) is 0 Å². The molecule has 2 aromatic carbocycles. The van der Waals surface area contributed by atoms with Crippen molar-refractivity contribution in [3.8, 4) is 0 Å². The summed E-state index contributed by atoms with van der Waals surface area (Å²) in [4.78, 5) is 88.6. The molecule has 2 aliphatic rings. The summed E-state index contributed by atoms with van der Waals surface area (Å²) < 4.78 is 19.2. The molecular formula is C44H68O16. The number of aromatic carboxylic acids is 2. The number of carbonyl (C=O) groups is 8. The number of carbonyl (C=O) groups excluding carboxylic acids is 4. The van der Waals surface area contributed by atoms with Crippen molar-refractivity contribution >= 4 is 47.8 Å². The fourth-order valence-corrected chi connectivity index (χ4v) is 6.03. The molecule has 0 aliphatic heterocycles. The van der Waals surface area contributed by atoms with Crippen LogP contribution in [0.1, 0.15) is 150 Å². The summed E-state index contributed by atoms with van der Waals surface area (Å²) in [6.07, 6.45) is 6.13. The van der Waals surface area contributed by atoms with Crippen LogP contribution >= 0.6 is 0 Å². The van der Waals surface area contributed by atoms with E-state index in [0.29, 0.717) is 38.9 Å². The van der Waals surface area contributed by atoms with Crippen LogP contribution in [0.4, 0.5) is 0 Å². The van der Waals surface area contributed by atoms with Crippen molar-refractivity contribution in [1.29, 1.82) is 0 Å². The van der Waals surface area contributed by atoms with Crippen LogP contribution < -0.4 is 0 Å². The molecule has 2 saturated carbocycles. The van der Waals surface area contributed by atoms with Crippen LogP contribution in [0.25, 0.3) is 0 Å². The molecule has 0 radical (unpaired) electrons. The lowest BCUT2D eigenvalue weighted by Crippen LogP contribution is -2.33. The standard InChI is InChI=1S/2C10H16O4.2C10H10O4.4CH4/c4*1-2-14-10(13)8-6-4-3-5-7(8)9(11)12;;;;/h2*7-8H,2-6H2,1H3,(H,11,12);2*3-6H,2H2,1H3,(H,11,12);4*1H4. The smallest absolute Gasteiger partial charge is 0.338 e. The van der Waals surface area contributed by atoms with E-state index < -0.39 is 59.5 Å². The summed E-state index contributed by atoms with van der Waals surface area (Å²) >= 11 is 0. The molecule has 2 aromatic rings. The number of ether oxygens (including phenoxy) is 4. The van der Waals surface area contributed by atoms with Gasteiger partial charge < -0.3 is 39.4 Å². The minimum Gasteiger partial charge on any atom is -0.481 e. The van der Waals surface area contributed by atoms with E-state index >= 15 is 0 Å². The zero-order valence-corrected chi connectivity index (χ0v) is 32.1. The minimum atomic E-state index is -1.13. The Morgan fingerprint density at radius 1 is 0.433 bits per heavy atom. The monoisotopic (exact) mass is 852 g/mol. The molecule has 4 rings (SSSR count). The number of aliphatic carboxylic acids is 2. The lowest BCUT2D eigenvalue weighted by molar-refractivity contribution is -0.159. The van der Waals surface area contributed by atoms with Crippen LogP contribution in [-0.2, 0) is 38.1 Å². The minimum absolute atomic E-state index is 0. The van der Waals surface area contributed by atoms with Crippen molar-refractivity contribution in [3.05, 3.63) is 70.8 Å². The van der Waals surface area contributed by atoms with Gasteiger partial charge >= 0.3 is 47.8 Å². The first-order valence-corrected chi connectivity index (χ1v) is 18.4. The lowest BCUT2D eigenvalue weighted by Gasteiger charge is -2.26. The molecular weight excluding hydrogens is 784 g/mol. The van der Waals surface area contributed by atoms with E-state index in [0.717, 1.165) is 25.7 Å². The van der Waals surface area contributed by atoms with E-state index in [1.807, 2.05) is 0 Å². The van der Waals surface area contributed by atoms with Gasteiger partial charge in [0.05, 0.1) is 72.4 Å². The van der Waals surface area contributed by atoms with Crippen LogP contribution in [0, 0.1) is 23.7 Å². The average molecular weight is 853 g/mol. The molecule has 0 saturated heterocycles. The molecule has 4 unspecified atom stereocenters. The Kier molecular flexibility index (Phi) is 33.6. The first-order valence-electron chi connectivity index (χ1n) is 18.4. The Morgan fingerprint density at radius 2 is 0.683 bits per heavy atom. The third-order valence-electron chi connectivity index (χ3n) is 8.65. The molecule has 16 heteroatoms. The SMILES string of the molecule is C.C.C.C.CCOC(=O)C1CCCCC1C(=O)O.CCOC(=O)C1CCCCC1C(=O)O.CCOC(=O)c1ccccc1C(=O)O.CCOC(=O)c1ccccc1C(=O)O. The first-order chi connectivity index (χ1) is 26.7. The Labute approximate surface area is 354 Å². The topological polar surface area (TPSA) is 254 Å². The maximum atomic E-state index is 11.4. The highest BCUT2D eigenvalue weighted by atomic mass is 16.5. The van der Waals surface area contributed by atoms with Gasteiger partial charge in [-0.3, -0.25) is 19.2 Å². The second-order valence-corrected chi connectivity index (χ2v) is 12.3. The van der Waals surface area contributed by atoms with E-state index in [4.69, 9.17) is 39.4 Å². The maximum Gasteiger partial charge on any atom is 0.338 e. The maximum absolute atomic E-state index is 11.4. The van der Waals surface area contributed by atoms with Crippen molar-refractivity contribution in [3.63, 3.8) is 0 Å². The summed E-state index contributed by atoms with van der Waals surface area (Å²) in [5.74, 6) is -7.85. The van der Waals surface area contributed by atoms with E-state index in [9.17, 15) is 38.4 Å². The summed E-state index contributed by atoms with van der Waals surface area (Å²) in [5.41, 5.74) is 0.0978. The van der Waals surface area contributed by atoms with Crippen LogP contribution in [0.3, 0.4) is 0 Å². The summed E-state index contributed by atoms with van der Waals surface area (Å²) in [6, 6.07) is 11.9. The third kappa shape index (κ3) is 20.3. The number of benzene rings is 2. The third-order valence-corrected chi connectivity index (χ3v) is 8.65. The van der Waals surface area contributed by atoms with E-state index in [-0.39, 0.29) is 77.1 Å². The largest absolute Gasteiger partial charge is 0.481 e. The number of carboxylic acids is 4. The molecule has 0 amide bonds. The van der Waals surface area contributed by atoms with Gasteiger partial charge in [-0.1, -0.05) is 79.7 Å². The van der Waals surface area contributed by atoms with Gasteiger partial charge in [-0.25, -0.2) is 19.2 Å². The van der Waals surface area contributed by atoms with Gasteiger partial charge in [-0.15, -0.1) is 0 Å².